The summed E-state index contributed by atoms with van der Waals surface area (Å²) in [4.78, 5) is 27.4. The third kappa shape index (κ3) is 3.61. The van der Waals surface area contributed by atoms with E-state index in [-0.39, 0.29) is 29.1 Å². The summed E-state index contributed by atoms with van der Waals surface area (Å²) >= 11 is 0. The van der Waals surface area contributed by atoms with E-state index < -0.39 is 29.0 Å². The highest BCUT2D eigenvalue weighted by molar-refractivity contribution is 5.99. The molecule has 0 radical (unpaired) electrons. The number of hydrogen-bond donors (Lipinski definition) is 1. The SMILES string of the molecule is Cc1ncn2c1c(N)nc1cc(F)c(C(=O)N(Cc3ccc(C(F)(F)F)cn3)C3(C)CC3)cc12. The maximum Gasteiger partial charge on any atom is 0.417 e. The minimum absolute atomic E-state index is 0.0511. The summed E-state index contributed by atoms with van der Waals surface area (Å²) in [5.74, 6) is -1.15. The van der Waals surface area contributed by atoms with Gasteiger partial charge in [0.15, 0.2) is 0 Å². The van der Waals surface area contributed by atoms with Crippen molar-refractivity contribution < 1.29 is 22.4 Å². The van der Waals surface area contributed by atoms with Crippen LogP contribution in [0.4, 0.5) is 23.4 Å². The molecule has 0 unspecified atom stereocenters. The molecule has 3 heterocycles. The molecule has 176 valence electrons. The van der Waals surface area contributed by atoms with Crippen molar-refractivity contribution in [3.05, 3.63) is 65.1 Å². The van der Waals surface area contributed by atoms with Crippen molar-refractivity contribution >= 4 is 28.3 Å². The van der Waals surface area contributed by atoms with Crippen LogP contribution in [0.3, 0.4) is 0 Å². The number of halogens is 4. The monoisotopic (exact) mass is 472 g/mol. The summed E-state index contributed by atoms with van der Waals surface area (Å²) in [5.41, 5.74) is 6.63. The third-order valence-corrected chi connectivity index (χ3v) is 6.33. The lowest BCUT2D eigenvalue weighted by Crippen LogP contribution is -2.40. The van der Waals surface area contributed by atoms with Gasteiger partial charge in [-0.15, -0.1) is 0 Å². The number of aromatic nitrogens is 4. The van der Waals surface area contributed by atoms with Gasteiger partial charge < -0.3 is 10.6 Å². The summed E-state index contributed by atoms with van der Waals surface area (Å²) in [5, 5.41) is 0. The van der Waals surface area contributed by atoms with Crippen molar-refractivity contribution in [2.24, 2.45) is 0 Å². The van der Waals surface area contributed by atoms with Gasteiger partial charge in [-0.1, -0.05) is 0 Å². The second kappa shape index (κ2) is 7.37. The van der Waals surface area contributed by atoms with E-state index in [9.17, 15) is 18.0 Å². The number of nitrogen functional groups attached to an aromatic ring is 1. The van der Waals surface area contributed by atoms with E-state index in [0.717, 1.165) is 18.3 Å². The lowest BCUT2D eigenvalue weighted by Gasteiger charge is -2.29. The number of nitrogens with two attached hydrogens (primary N) is 1. The second-order valence-corrected chi connectivity index (χ2v) is 8.79. The van der Waals surface area contributed by atoms with Crippen molar-refractivity contribution in [3.8, 4) is 0 Å². The summed E-state index contributed by atoms with van der Waals surface area (Å²) < 4.78 is 55.4. The third-order valence-electron chi connectivity index (χ3n) is 6.33. The summed E-state index contributed by atoms with van der Waals surface area (Å²) in [6, 6.07) is 4.71. The van der Waals surface area contributed by atoms with Crippen molar-refractivity contribution in [2.45, 2.75) is 44.9 Å². The summed E-state index contributed by atoms with van der Waals surface area (Å²) in [7, 11) is 0. The molecule has 34 heavy (non-hydrogen) atoms. The number of hydrogen-bond acceptors (Lipinski definition) is 5. The first-order chi connectivity index (χ1) is 16.0. The summed E-state index contributed by atoms with van der Waals surface area (Å²) in [6.45, 7) is 3.57. The molecule has 5 rings (SSSR count). The first kappa shape index (κ1) is 22.1. The highest BCUT2D eigenvalue weighted by atomic mass is 19.4. The minimum Gasteiger partial charge on any atom is -0.382 e. The van der Waals surface area contributed by atoms with E-state index in [2.05, 4.69) is 15.0 Å². The number of aryl methyl sites for hydroxylation is 1. The molecule has 7 nitrogen and oxygen atoms in total. The van der Waals surface area contributed by atoms with E-state index in [1.54, 1.807) is 11.3 Å². The molecule has 4 aromatic rings. The Morgan fingerprint density at radius 1 is 1.24 bits per heavy atom. The first-order valence-electron chi connectivity index (χ1n) is 10.5. The molecule has 0 spiro atoms. The van der Waals surface area contributed by atoms with Crippen LogP contribution in [0, 0.1) is 12.7 Å². The number of anilines is 1. The zero-order valence-electron chi connectivity index (χ0n) is 18.3. The number of carbonyl (C=O) groups excluding carboxylic acids is 1. The largest absolute Gasteiger partial charge is 0.417 e. The zero-order chi connectivity index (χ0) is 24.4. The van der Waals surface area contributed by atoms with Gasteiger partial charge >= 0.3 is 6.18 Å². The van der Waals surface area contributed by atoms with Gasteiger partial charge in [0.2, 0.25) is 0 Å². The van der Waals surface area contributed by atoms with Gasteiger partial charge in [-0.25, -0.2) is 14.4 Å². The molecule has 0 atom stereocenters. The number of alkyl halides is 3. The van der Waals surface area contributed by atoms with Crippen LogP contribution in [0.25, 0.3) is 16.6 Å². The average molecular weight is 472 g/mol. The zero-order valence-corrected chi connectivity index (χ0v) is 18.3. The van der Waals surface area contributed by atoms with Crippen LogP contribution in [0.5, 0.6) is 0 Å². The van der Waals surface area contributed by atoms with E-state index in [1.807, 2.05) is 6.92 Å². The Bertz CT molecular complexity index is 1440. The molecule has 0 bridgehead atoms. The lowest BCUT2D eigenvalue weighted by molar-refractivity contribution is -0.137. The van der Waals surface area contributed by atoms with Gasteiger partial charge in [-0.2, -0.15) is 13.2 Å². The van der Waals surface area contributed by atoms with E-state index in [1.165, 1.54) is 23.4 Å². The molecule has 0 aliphatic heterocycles. The standard InChI is InChI=1S/C23H20F4N6O/c1-12-19-20(28)31-17-8-16(24)15(7-18(17)32(19)11-30-12)21(34)33(22(2)5-6-22)10-14-4-3-13(9-29-14)23(25,26)27/h3-4,7-9,11H,5-6,10H2,1-2H3,(H2,28,31). The van der Waals surface area contributed by atoms with Crippen molar-refractivity contribution in [1.29, 1.82) is 0 Å². The normalized spacial score (nSPS) is 15.1. The molecule has 11 heteroatoms. The Kier molecular flexibility index (Phi) is 4.78. The van der Waals surface area contributed by atoms with Gasteiger partial charge in [0.1, 0.15) is 23.5 Å². The van der Waals surface area contributed by atoms with Crippen LogP contribution in [0.1, 0.15) is 47.1 Å². The van der Waals surface area contributed by atoms with Gasteiger partial charge in [0, 0.05) is 17.8 Å². The predicted octanol–water partition coefficient (Wildman–Crippen LogP) is 4.52. The number of nitrogens with zero attached hydrogens (tertiary/aromatic N) is 5. The highest BCUT2D eigenvalue weighted by Crippen LogP contribution is 2.43. The molecule has 1 aromatic carbocycles. The molecular weight excluding hydrogens is 452 g/mol. The van der Waals surface area contributed by atoms with Crippen LogP contribution in [-0.4, -0.2) is 35.7 Å². The minimum atomic E-state index is -4.51. The molecule has 3 aromatic heterocycles. The lowest BCUT2D eigenvalue weighted by atomic mass is 10.1. The molecule has 1 aliphatic rings. The fourth-order valence-electron chi connectivity index (χ4n) is 4.06. The van der Waals surface area contributed by atoms with Crippen LogP contribution in [-0.2, 0) is 12.7 Å². The van der Waals surface area contributed by atoms with Crippen molar-refractivity contribution in [2.75, 3.05) is 5.73 Å². The number of rotatable bonds is 4. The highest BCUT2D eigenvalue weighted by Gasteiger charge is 2.46. The number of amides is 1. The first-order valence-corrected chi connectivity index (χ1v) is 10.5. The van der Waals surface area contributed by atoms with Crippen LogP contribution < -0.4 is 5.73 Å². The molecular formula is C23H20F4N6O. The molecule has 1 amide bonds. The Balaban J connectivity index is 1.55. The maximum atomic E-state index is 15.1. The van der Waals surface area contributed by atoms with Crippen LogP contribution >= 0.6 is 0 Å². The second-order valence-electron chi connectivity index (χ2n) is 8.79. The Morgan fingerprint density at radius 3 is 2.59 bits per heavy atom. The number of pyridine rings is 1. The van der Waals surface area contributed by atoms with E-state index in [0.29, 0.717) is 29.6 Å². The van der Waals surface area contributed by atoms with Gasteiger partial charge in [-0.05, 0) is 44.9 Å². The topological polar surface area (TPSA) is 89.4 Å². The fourth-order valence-corrected chi connectivity index (χ4v) is 4.06. The van der Waals surface area contributed by atoms with Crippen LogP contribution in [0.2, 0.25) is 0 Å². The summed E-state index contributed by atoms with van der Waals surface area (Å²) in [6.07, 6.45) is -0.858. The fraction of sp³-hybridized carbons (Fsp3) is 0.304. The molecule has 1 aliphatic carbocycles. The van der Waals surface area contributed by atoms with E-state index >= 15 is 4.39 Å². The molecule has 0 saturated heterocycles. The number of carbonyl (C=O) groups is 1. The van der Waals surface area contributed by atoms with Gasteiger partial charge in [0.05, 0.1) is 40.1 Å². The predicted molar refractivity (Wildman–Crippen MR) is 116 cm³/mol. The number of benzene rings is 1. The quantitative estimate of drug-likeness (QED) is 0.441. The van der Waals surface area contributed by atoms with Gasteiger partial charge in [-0.3, -0.25) is 14.2 Å². The maximum absolute atomic E-state index is 15.1. The van der Waals surface area contributed by atoms with E-state index in [4.69, 9.17) is 5.73 Å². The molecule has 1 fully saturated rings. The number of fused-ring (bicyclic) bond motifs is 3. The molecule has 2 N–H and O–H groups in total. The van der Waals surface area contributed by atoms with Crippen molar-refractivity contribution in [3.63, 3.8) is 0 Å². The Morgan fingerprint density at radius 2 is 1.97 bits per heavy atom. The van der Waals surface area contributed by atoms with Crippen molar-refractivity contribution in [1.82, 2.24) is 24.3 Å². The Hall–Kier alpha value is -3.76. The Labute approximate surface area is 191 Å². The number of imidazole rings is 1. The molecule has 1 saturated carbocycles. The average Bonchev–Trinajstić information content (AvgIpc) is 3.39. The van der Waals surface area contributed by atoms with Gasteiger partial charge in [0.25, 0.3) is 5.91 Å². The van der Waals surface area contributed by atoms with Crippen LogP contribution in [0.15, 0.2) is 36.8 Å². The smallest absolute Gasteiger partial charge is 0.382 e.